The third kappa shape index (κ3) is 3.60. The Labute approximate surface area is 132 Å². The Morgan fingerprint density at radius 1 is 1.33 bits per heavy atom. The van der Waals surface area contributed by atoms with Gasteiger partial charge >= 0.3 is 0 Å². The summed E-state index contributed by atoms with van der Waals surface area (Å²) in [6.45, 7) is 6.55. The Balaban J connectivity index is 1.72. The maximum Gasteiger partial charge on any atom is 0.123 e. The van der Waals surface area contributed by atoms with Gasteiger partial charge in [0.25, 0.3) is 0 Å². The van der Waals surface area contributed by atoms with Crippen molar-refractivity contribution in [1.82, 2.24) is 5.32 Å². The highest BCUT2D eigenvalue weighted by Gasteiger charge is 2.53. The molecule has 1 N–H and O–H groups in total. The van der Waals surface area contributed by atoms with Crippen LogP contribution in [0.2, 0.25) is 5.02 Å². The fourth-order valence-electron chi connectivity index (χ4n) is 4.07. The van der Waals surface area contributed by atoms with Gasteiger partial charge in [0.05, 0.1) is 0 Å². The molecule has 0 amide bonds. The minimum Gasteiger partial charge on any atom is -0.316 e. The molecule has 0 saturated heterocycles. The van der Waals surface area contributed by atoms with Gasteiger partial charge in [0.1, 0.15) is 5.82 Å². The first-order valence-corrected chi connectivity index (χ1v) is 8.50. The van der Waals surface area contributed by atoms with Gasteiger partial charge < -0.3 is 5.32 Å². The predicted molar refractivity (Wildman–Crippen MR) is 86.1 cm³/mol. The number of hydrogen-bond donors (Lipinski definition) is 1. The number of fused-ring (bicyclic) bond motifs is 1. The van der Waals surface area contributed by atoms with Crippen LogP contribution in [0, 0.1) is 29.0 Å². The molecule has 21 heavy (non-hydrogen) atoms. The van der Waals surface area contributed by atoms with E-state index in [1.54, 1.807) is 12.1 Å². The van der Waals surface area contributed by atoms with Crippen molar-refractivity contribution >= 4 is 11.6 Å². The molecule has 1 nitrogen and oxygen atoms in total. The summed E-state index contributed by atoms with van der Waals surface area (Å²) in [5.41, 5.74) is 1.25. The predicted octanol–water partition coefficient (Wildman–Crippen LogP) is 4.68. The van der Waals surface area contributed by atoms with Crippen LogP contribution in [-0.2, 0) is 6.42 Å². The normalized spacial score (nSPS) is 30.7. The van der Waals surface area contributed by atoms with Gasteiger partial charge in [-0.3, -0.25) is 0 Å². The average molecular weight is 310 g/mol. The summed E-state index contributed by atoms with van der Waals surface area (Å²) in [5, 5.41) is 4.33. The second-order valence-electron chi connectivity index (χ2n) is 7.60. The molecule has 3 rings (SSSR count). The molecule has 0 aliphatic heterocycles. The van der Waals surface area contributed by atoms with Crippen LogP contribution in [0.4, 0.5) is 4.39 Å². The molecule has 2 aliphatic carbocycles. The fourth-order valence-corrected chi connectivity index (χ4v) is 4.25. The third-order valence-electron chi connectivity index (χ3n) is 5.09. The zero-order valence-electron chi connectivity index (χ0n) is 13.0. The summed E-state index contributed by atoms with van der Waals surface area (Å²) < 4.78 is 13.5. The Morgan fingerprint density at radius 2 is 2.05 bits per heavy atom. The molecule has 116 valence electrons. The zero-order chi connectivity index (χ0) is 15.0. The van der Waals surface area contributed by atoms with E-state index in [2.05, 4.69) is 19.2 Å². The first-order valence-electron chi connectivity index (χ1n) is 8.12. The molecule has 0 radical (unpaired) electrons. The van der Waals surface area contributed by atoms with Crippen LogP contribution in [0.5, 0.6) is 0 Å². The Bertz CT molecular complexity index is 504. The minimum absolute atomic E-state index is 0.178. The van der Waals surface area contributed by atoms with Crippen molar-refractivity contribution < 1.29 is 4.39 Å². The summed E-state index contributed by atoms with van der Waals surface area (Å²) in [5.74, 6) is 2.31. The van der Waals surface area contributed by atoms with E-state index in [9.17, 15) is 4.39 Å². The summed E-state index contributed by atoms with van der Waals surface area (Å²) in [4.78, 5) is 0. The standard InChI is InChI=1S/C18H25ClFN/c1-12(2)10-21-11-18(7-13-5-14(13)8-18)9-15-6-16(20)3-4-17(15)19/h3-4,6,12-14,21H,5,7-11H2,1-2H3. The van der Waals surface area contributed by atoms with Gasteiger partial charge in [0, 0.05) is 11.6 Å². The summed E-state index contributed by atoms with van der Waals surface area (Å²) >= 11 is 6.28. The van der Waals surface area contributed by atoms with Gasteiger partial charge in [-0.1, -0.05) is 25.4 Å². The lowest BCUT2D eigenvalue weighted by Gasteiger charge is -2.32. The van der Waals surface area contributed by atoms with Crippen molar-refractivity contribution in [3.05, 3.63) is 34.6 Å². The highest BCUT2D eigenvalue weighted by molar-refractivity contribution is 6.31. The van der Waals surface area contributed by atoms with Crippen molar-refractivity contribution in [3.8, 4) is 0 Å². The topological polar surface area (TPSA) is 12.0 Å². The molecule has 1 aromatic carbocycles. The van der Waals surface area contributed by atoms with Gasteiger partial charge in [0.2, 0.25) is 0 Å². The minimum atomic E-state index is -0.178. The van der Waals surface area contributed by atoms with Gasteiger partial charge in [-0.05, 0) is 79.2 Å². The highest BCUT2D eigenvalue weighted by atomic mass is 35.5. The van der Waals surface area contributed by atoms with E-state index in [-0.39, 0.29) is 11.2 Å². The van der Waals surface area contributed by atoms with Crippen LogP contribution in [0.15, 0.2) is 18.2 Å². The molecule has 0 bridgehead atoms. The van der Waals surface area contributed by atoms with E-state index in [0.29, 0.717) is 10.9 Å². The first kappa shape index (κ1) is 15.3. The molecule has 2 fully saturated rings. The molecule has 0 spiro atoms. The maximum atomic E-state index is 13.5. The number of nitrogens with one attached hydrogen (secondary N) is 1. The van der Waals surface area contributed by atoms with E-state index < -0.39 is 0 Å². The van der Waals surface area contributed by atoms with Crippen LogP contribution in [0.1, 0.15) is 38.7 Å². The van der Waals surface area contributed by atoms with E-state index in [1.807, 2.05) is 0 Å². The number of halogens is 2. The van der Waals surface area contributed by atoms with E-state index >= 15 is 0 Å². The molecular formula is C18H25ClFN. The SMILES string of the molecule is CC(C)CNCC1(Cc2cc(F)ccc2Cl)CC2CC2C1. The van der Waals surface area contributed by atoms with Crippen molar-refractivity contribution in [1.29, 1.82) is 0 Å². The maximum absolute atomic E-state index is 13.5. The number of hydrogen-bond acceptors (Lipinski definition) is 1. The van der Waals surface area contributed by atoms with Crippen LogP contribution >= 0.6 is 11.6 Å². The Morgan fingerprint density at radius 3 is 2.71 bits per heavy atom. The summed E-state index contributed by atoms with van der Waals surface area (Å²) in [6.07, 6.45) is 4.86. The van der Waals surface area contributed by atoms with E-state index in [0.717, 1.165) is 36.9 Å². The largest absolute Gasteiger partial charge is 0.316 e. The average Bonchev–Trinajstić information content (AvgIpc) is 3.02. The molecule has 2 saturated carbocycles. The van der Waals surface area contributed by atoms with Crippen molar-refractivity contribution in [2.24, 2.45) is 23.2 Å². The zero-order valence-corrected chi connectivity index (χ0v) is 13.7. The molecule has 1 aromatic rings. The second kappa shape index (κ2) is 5.89. The van der Waals surface area contributed by atoms with Gasteiger partial charge in [-0.15, -0.1) is 0 Å². The quantitative estimate of drug-likeness (QED) is 0.804. The van der Waals surface area contributed by atoms with Crippen molar-refractivity contribution in [2.45, 2.75) is 39.5 Å². The lowest BCUT2D eigenvalue weighted by Crippen LogP contribution is -2.37. The monoisotopic (exact) mass is 309 g/mol. The molecule has 3 heteroatoms. The molecular weight excluding hydrogens is 285 g/mol. The van der Waals surface area contributed by atoms with E-state index in [1.165, 1.54) is 25.3 Å². The molecule has 2 aliphatic rings. The Hall–Kier alpha value is -0.600. The number of rotatable bonds is 6. The number of benzene rings is 1. The van der Waals surface area contributed by atoms with Crippen molar-refractivity contribution in [2.75, 3.05) is 13.1 Å². The van der Waals surface area contributed by atoms with Gasteiger partial charge in [-0.2, -0.15) is 0 Å². The van der Waals surface area contributed by atoms with Crippen LogP contribution in [-0.4, -0.2) is 13.1 Å². The summed E-state index contributed by atoms with van der Waals surface area (Å²) in [7, 11) is 0. The van der Waals surface area contributed by atoms with Gasteiger partial charge in [0.15, 0.2) is 0 Å². The fraction of sp³-hybridized carbons (Fsp3) is 0.667. The third-order valence-corrected chi connectivity index (χ3v) is 5.45. The molecule has 0 aromatic heterocycles. The molecule has 2 atom stereocenters. The van der Waals surface area contributed by atoms with Gasteiger partial charge in [-0.25, -0.2) is 4.39 Å². The Kier molecular flexibility index (Phi) is 4.29. The van der Waals surface area contributed by atoms with E-state index in [4.69, 9.17) is 11.6 Å². The van der Waals surface area contributed by atoms with Crippen molar-refractivity contribution in [3.63, 3.8) is 0 Å². The lowest BCUT2D eigenvalue weighted by atomic mass is 9.77. The summed E-state index contributed by atoms with van der Waals surface area (Å²) in [6, 6.07) is 4.76. The second-order valence-corrected chi connectivity index (χ2v) is 8.01. The lowest BCUT2D eigenvalue weighted by molar-refractivity contribution is 0.245. The smallest absolute Gasteiger partial charge is 0.123 e. The van der Waals surface area contributed by atoms with Crippen LogP contribution < -0.4 is 5.32 Å². The molecule has 0 heterocycles. The highest BCUT2D eigenvalue weighted by Crippen LogP contribution is 2.60. The van der Waals surface area contributed by atoms with Crippen LogP contribution in [0.3, 0.4) is 0 Å². The van der Waals surface area contributed by atoms with Crippen LogP contribution in [0.25, 0.3) is 0 Å². The first-order chi connectivity index (χ1) is 9.97. The molecule has 2 unspecified atom stereocenters.